The SMILES string of the molecule is CCCCCCCCNS(=O)(=O)c1cc(CNC)cs1. The van der Waals surface area contributed by atoms with Gasteiger partial charge in [0.15, 0.2) is 0 Å². The molecule has 0 amide bonds. The van der Waals surface area contributed by atoms with Gasteiger partial charge in [-0.2, -0.15) is 0 Å². The van der Waals surface area contributed by atoms with E-state index < -0.39 is 10.0 Å². The number of hydrogen-bond donors (Lipinski definition) is 2. The predicted molar refractivity (Wildman–Crippen MR) is 85.6 cm³/mol. The van der Waals surface area contributed by atoms with Gasteiger partial charge in [-0.3, -0.25) is 0 Å². The smallest absolute Gasteiger partial charge is 0.250 e. The van der Waals surface area contributed by atoms with Crippen molar-refractivity contribution < 1.29 is 8.42 Å². The van der Waals surface area contributed by atoms with E-state index in [2.05, 4.69) is 17.0 Å². The number of unbranched alkanes of at least 4 members (excludes halogenated alkanes) is 5. The Morgan fingerprint density at radius 2 is 1.85 bits per heavy atom. The highest BCUT2D eigenvalue weighted by molar-refractivity contribution is 7.91. The van der Waals surface area contributed by atoms with Gasteiger partial charge in [-0.05, 0) is 30.5 Å². The molecule has 0 aliphatic carbocycles. The largest absolute Gasteiger partial charge is 0.316 e. The van der Waals surface area contributed by atoms with Gasteiger partial charge in [0.2, 0.25) is 10.0 Å². The summed E-state index contributed by atoms with van der Waals surface area (Å²) in [6.45, 7) is 3.43. The molecule has 0 atom stereocenters. The Morgan fingerprint density at radius 1 is 1.15 bits per heavy atom. The molecule has 0 bridgehead atoms. The van der Waals surface area contributed by atoms with Crippen molar-refractivity contribution in [3.05, 3.63) is 17.0 Å². The molecule has 0 saturated heterocycles. The molecule has 0 aliphatic heterocycles. The lowest BCUT2D eigenvalue weighted by Crippen LogP contribution is -2.24. The van der Waals surface area contributed by atoms with Crippen LogP contribution in [-0.2, 0) is 16.6 Å². The molecule has 1 aromatic rings. The van der Waals surface area contributed by atoms with Gasteiger partial charge in [-0.15, -0.1) is 11.3 Å². The van der Waals surface area contributed by atoms with E-state index in [0.717, 1.165) is 18.4 Å². The Labute approximate surface area is 127 Å². The van der Waals surface area contributed by atoms with Crippen LogP contribution in [0.4, 0.5) is 0 Å². The Kier molecular flexibility index (Phi) is 8.37. The average molecular weight is 319 g/mol. The van der Waals surface area contributed by atoms with Crippen molar-refractivity contribution in [1.82, 2.24) is 10.0 Å². The third-order valence-corrected chi connectivity index (χ3v) is 6.05. The second kappa shape index (κ2) is 9.50. The lowest BCUT2D eigenvalue weighted by Gasteiger charge is -2.04. The summed E-state index contributed by atoms with van der Waals surface area (Å²) < 4.78 is 27.2. The van der Waals surface area contributed by atoms with Crippen molar-refractivity contribution in [1.29, 1.82) is 0 Å². The van der Waals surface area contributed by atoms with E-state index in [4.69, 9.17) is 0 Å². The molecule has 0 fully saturated rings. The second-order valence-electron chi connectivity index (χ2n) is 4.97. The molecule has 2 N–H and O–H groups in total. The lowest BCUT2D eigenvalue weighted by molar-refractivity contribution is 0.569. The normalized spacial score (nSPS) is 11.9. The van der Waals surface area contributed by atoms with Crippen LogP contribution < -0.4 is 10.0 Å². The first kappa shape index (κ1) is 17.6. The number of thiophene rings is 1. The molecule has 4 nitrogen and oxygen atoms in total. The molecule has 1 aromatic heterocycles. The molecule has 0 unspecified atom stereocenters. The van der Waals surface area contributed by atoms with Crippen LogP contribution in [0.1, 0.15) is 51.0 Å². The summed E-state index contributed by atoms with van der Waals surface area (Å²) in [5, 5.41) is 4.90. The zero-order valence-electron chi connectivity index (χ0n) is 12.4. The minimum absolute atomic E-state index is 0.411. The van der Waals surface area contributed by atoms with Crippen LogP contribution >= 0.6 is 11.3 Å². The van der Waals surface area contributed by atoms with E-state index in [1.54, 1.807) is 6.07 Å². The van der Waals surface area contributed by atoms with Crippen LogP contribution in [0.5, 0.6) is 0 Å². The van der Waals surface area contributed by atoms with E-state index in [1.165, 1.54) is 37.0 Å². The fourth-order valence-corrected chi connectivity index (χ4v) is 4.30. The van der Waals surface area contributed by atoms with Crippen LogP contribution in [0, 0.1) is 0 Å². The van der Waals surface area contributed by atoms with E-state index in [-0.39, 0.29) is 0 Å². The van der Waals surface area contributed by atoms with Crippen molar-refractivity contribution in [3.8, 4) is 0 Å². The number of nitrogens with one attached hydrogen (secondary N) is 2. The Morgan fingerprint density at radius 3 is 2.55 bits per heavy atom. The van der Waals surface area contributed by atoms with Crippen LogP contribution in [-0.4, -0.2) is 22.0 Å². The van der Waals surface area contributed by atoms with Crippen LogP contribution in [0.15, 0.2) is 15.7 Å². The molecule has 0 radical (unpaired) electrons. The predicted octanol–water partition coefficient (Wildman–Crippen LogP) is 3.11. The van der Waals surface area contributed by atoms with Gasteiger partial charge in [-0.25, -0.2) is 13.1 Å². The third kappa shape index (κ3) is 6.35. The van der Waals surface area contributed by atoms with E-state index in [1.807, 2.05) is 12.4 Å². The first-order chi connectivity index (χ1) is 9.60. The second-order valence-corrected chi connectivity index (χ2v) is 7.87. The molecular weight excluding hydrogens is 292 g/mol. The zero-order chi connectivity index (χ0) is 14.8. The molecule has 6 heteroatoms. The first-order valence-electron chi connectivity index (χ1n) is 7.32. The summed E-state index contributed by atoms with van der Waals surface area (Å²) in [6, 6.07) is 1.74. The summed E-state index contributed by atoms with van der Waals surface area (Å²) in [5.41, 5.74) is 1.01. The van der Waals surface area contributed by atoms with Crippen LogP contribution in [0.25, 0.3) is 0 Å². The monoisotopic (exact) mass is 318 g/mol. The summed E-state index contributed by atoms with van der Waals surface area (Å²) in [7, 11) is -1.46. The van der Waals surface area contributed by atoms with E-state index in [0.29, 0.717) is 17.3 Å². The minimum Gasteiger partial charge on any atom is -0.316 e. The average Bonchev–Trinajstić information content (AvgIpc) is 2.88. The molecule has 0 spiro atoms. The van der Waals surface area contributed by atoms with Crippen molar-refractivity contribution in [2.45, 2.75) is 56.2 Å². The third-order valence-electron chi connectivity index (χ3n) is 3.10. The summed E-state index contributed by atoms with van der Waals surface area (Å²) in [6.07, 6.45) is 6.97. The number of sulfonamides is 1. The molecule has 0 aliphatic rings. The van der Waals surface area contributed by atoms with E-state index >= 15 is 0 Å². The highest BCUT2D eigenvalue weighted by Crippen LogP contribution is 2.20. The molecular formula is C14H26N2O2S2. The topological polar surface area (TPSA) is 58.2 Å². The molecule has 0 aromatic carbocycles. The summed E-state index contributed by atoms with van der Waals surface area (Å²) in [5.74, 6) is 0. The summed E-state index contributed by atoms with van der Waals surface area (Å²) in [4.78, 5) is 0. The Bertz CT molecular complexity index is 469. The fraction of sp³-hybridized carbons (Fsp3) is 0.714. The Hall–Kier alpha value is -0.430. The van der Waals surface area contributed by atoms with Gasteiger partial charge in [0, 0.05) is 13.1 Å². The maximum absolute atomic E-state index is 12.1. The van der Waals surface area contributed by atoms with Crippen molar-refractivity contribution in [2.75, 3.05) is 13.6 Å². The van der Waals surface area contributed by atoms with Gasteiger partial charge < -0.3 is 5.32 Å². The minimum atomic E-state index is -3.31. The number of hydrogen-bond acceptors (Lipinski definition) is 4. The zero-order valence-corrected chi connectivity index (χ0v) is 14.1. The van der Waals surface area contributed by atoms with Crippen LogP contribution in [0.2, 0.25) is 0 Å². The fourth-order valence-electron chi connectivity index (χ4n) is 1.97. The molecule has 20 heavy (non-hydrogen) atoms. The highest BCUT2D eigenvalue weighted by atomic mass is 32.2. The van der Waals surface area contributed by atoms with Gasteiger partial charge >= 0.3 is 0 Å². The van der Waals surface area contributed by atoms with Gasteiger partial charge in [0.05, 0.1) is 0 Å². The van der Waals surface area contributed by atoms with Crippen molar-refractivity contribution in [3.63, 3.8) is 0 Å². The van der Waals surface area contributed by atoms with Crippen molar-refractivity contribution >= 4 is 21.4 Å². The van der Waals surface area contributed by atoms with Gasteiger partial charge in [0.1, 0.15) is 4.21 Å². The van der Waals surface area contributed by atoms with Crippen LogP contribution in [0.3, 0.4) is 0 Å². The maximum Gasteiger partial charge on any atom is 0.250 e. The molecule has 1 rings (SSSR count). The van der Waals surface area contributed by atoms with Crippen molar-refractivity contribution in [2.24, 2.45) is 0 Å². The maximum atomic E-state index is 12.1. The molecule has 116 valence electrons. The molecule has 1 heterocycles. The molecule has 0 saturated carbocycles. The summed E-state index contributed by atoms with van der Waals surface area (Å²) >= 11 is 1.28. The lowest BCUT2D eigenvalue weighted by atomic mass is 10.1. The van der Waals surface area contributed by atoms with Gasteiger partial charge in [-0.1, -0.05) is 39.0 Å². The van der Waals surface area contributed by atoms with E-state index in [9.17, 15) is 8.42 Å². The Balaban J connectivity index is 2.30. The first-order valence-corrected chi connectivity index (χ1v) is 9.68. The quantitative estimate of drug-likeness (QED) is 0.616. The number of rotatable bonds is 11. The standard InChI is InChI=1S/C14H26N2O2S2/c1-3-4-5-6-7-8-9-16-20(17,18)14-10-13(11-15-2)12-19-14/h10,12,15-16H,3-9,11H2,1-2H3. The van der Waals surface area contributed by atoms with Gasteiger partial charge in [0.25, 0.3) is 0 Å². The highest BCUT2D eigenvalue weighted by Gasteiger charge is 2.15.